The second-order valence-corrected chi connectivity index (χ2v) is 7.29. The summed E-state index contributed by atoms with van der Waals surface area (Å²) in [6, 6.07) is 11.9. The third kappa shape index (κ3) is 3.73. The van der Waals surface area contributed by atoms with Gasteiger partial charge in [0.25, 0.3) is 5.91 Å². The van der Waals surface area contributed by atoms with Gasteiger partial charge in [-0.15, -0.1) is 0 Å². The molecule has 0 radical (unpaired) electrons. The SMILES string of the molecule is Cc1cccc(NC(=O)C2CCCN2C(=O)Cn2nc(C(N)=O)c3ccccc32)n1. The summed E-state index contributed by atoms with van der Waals surface area (Å²) >= 11 is 0. The fourth-order valence-electron chi connectivity index (χ4n) is 3.81. The minimum Gasteiger partial charge on any atom is -0.364 e. The van der Waals surface area contributed by atoms with Gasteiger partial charge in [0.05, 0.1) is 5.52 Å². The van der Waals surface area contributed by atoms with E-state index in [-0.39, 0.29) is 24.1 Å². The van der Waals surface area contributed by atoms with Crippen LogP contribution in [0.15, 0.2) is 42.5 Å². The van der Waals surface area contributed by atoms with Crippen LogP contribution in [0.3, 0.4) is 0 Å². The fraction of sp³-hybridized carbons (Fsp3) is 0.286. The lowest BCUT2D eigenvalue weighted by Crippen LogP contribution is -2.44. The molecule has 0 bridgehead atoms. The van der Waals surface area contributed by atoms with Crippen molar-refractivity contribution < 1.29 is 14.4 Å². The lowest BCUT2D eigenvalue weighted by molar-refractivity contribution is -0.137. The van der Waals surface area contributed by atoms with Crippen molar-refractivity contribution in [1.29, 1.82) is 0 Å². The minimum absolute atomic E-state index is 0.0831. The van der Waals surface area contributed by atoms with Gasteiger partial charge < -0.3 is 16.0 Å². The van der Waals surface area contributed by atoms with Gasteiger partial charge in [0.15, 0.2) is 5.69 Å². The zero-order valence-corrected chi connectivity index (χ0v) is 16.5. The Balaban J connectivity index is 1.52. The Labute approximate surface area is 172 Å². The molecule has 30 heavy (non-hydrogen) atoms. The number of aryl methyl sites for hydroxylation is 1. The van der Waals surface area contributed by atoms with E-state index in [0.717, 1.165) is 12.1 Å². The molecule has 1 aliphatic rings. The first-order valence-electron chi connectivity index (χ1n) is 9.73. The summed E-state index contributed by atoms with van der Waals surface area (Å²) in [5.74, 6) is -0.693. The van der Waals surface area contributed by atoms with Crippen molar-refractivity contribution >= 4 is 34.4 Å². The molecule has 0 aliphatic carbocycles. The molecule has 2 aromatic heterocycles. The number of pyridine rings is 1. The lowest BCUT2D eigenvalue weighted by atomic mass is 10.2. The molecule has 3 amide bonds. The van der Waals surface area contributed by atoms with E-state index >= 15 is 0 Å². The van der Waals surface area contributed by atoms with E-state index in [1.807, 2.05) is 19.1 Å². The molecule has 0 saturated carbocycles. The number of nitrogens with zero attached hydrogens (tertiary/aromatic N) is 4. The van der Waals surface area contributed by atoms with Gasteiger partial charge in [-0.25, -0.2) is 4.98 Å². The predicted molar refractivity (Wildman–Crippen MR) is 111 cm³/mol. The lowest BCUT2D eigenvalue weighted by Gasteiger charge is -2.24. The van der Waals surface area contributed by atoms with Gasteiger partial charge in [0.2, 0.25) is 11.8 Å². The Morgan fingerprint density at radius 2 is 1.97 bits per heavy atom. The molecule has 4 rings (SSSR count). The van der Waals surface area contributed by atoms with Gasteiger partial charge >= 0.3 is 0 Å². The number of rotatable bonds is 5. The summed E-state index contributed by atoms with van der Waals surface area (Å²) in [5.41, 5.74) is 6.98. The number of fused-ring (bicyclic) bond motifs is 1. The van der Waals surface area contributed by atoms with Crippen LogP contribution >= 0.6 is 0 Å². The summed E-state index contributed by atoms with van der Waals surface area (Å²) in [5, 5.41) is 7.62. The van der Waals surface area contributed by atoms with E-state index in [2.05, 4.69) is 15.4 Å². The van der Waals surface area contributed by atoms with Gasteiger partial charge in [-0.05, 0) is 38.0 Å². The zero-order valence-electron chi connectivity index (χ0n) is 16.5. The first-order chi connectivity index (χ1) is 14.4. The molecule has 1 aromatic carbocycles. The number of nitrogens with two attached hydrogens (primary N) is 1. The molecule has 1 fully saturated rings. The summed E-state index contributed by atoms with van der Waals surface area (Å²) in [6.45, 7) is 2.25. The van der Waals surface area contributed by atoms with Crippen molar-refractivity contribution in [2.24, 2.45) is 5.73 Å². The first-order valence-corrected chi connectivity index (χ1v) is 9.73. The molecule has 1 saturated heterocycles. The quantitative estimate of drug-likeness (QED) is 0.664. The number of carbonyl (C=O) groups excluding carboxylic acids is 3. The monoisotopic (exact) mass is 406 g/mol. The number of amides is 3. The van der Waals surface area contributed by atoms with Gasteiger partial charge in [0, 0.05) is 17.6 Å². The maximum atomic E-state index is 13.0. The Morgan fingerprint density at radius 1 is 1.17 bits per heavy atom. The Hall–Kier alpha value is -3.75. The molecule has 3 heterocycles. The molecule has 9 nitrogen and oxygen atoms in total. The average Bonchev–Trinajstić information content (AvgIpc) is 3.34. The van der Waals surface area contributed by atoms with E-state index in [1.54, 1.807) is 35.2 Å². The van der Waals surface area contributed by atoms with E-state index in [4.69, 9.17) is 5.73 Å². The molecule has 3 N–H and O–H groups in total. The van der Waals surface area contributed by atoms with Crippen LogP contribution in [0.25, 0.3) is 10.9 Å². The summed E-state index contributed by atoms with van der Waals surface area (Å²) < 4.78 is 1.47. The van der Waals surface area contributed by atoms with Crippen LogP contribution in [0.2, 0.25) is 0 Å². The third-order valence-corrected chi connectivity index (χ3v) is 5.19. The number of benzene rings is 1. The number of para-hydroxylation sites is 1. The fourth-order valence-corrected chi connectivity index (χ4v) is 3.81. The zero-order chi connectivity index (χ0) is 21.3. The van der Waals surface area contributed by atoms with Crippen LogP contribution in [0, 0.1) is 6.92 Å². The summed E-state index contributed by atoms with van der Waals surface area (Å²) in [7, 11) is 0. The summed E-state index contributed by atoms with van der Waals surface area (Å²) in [4.78, 5) is 43.3. The largest absolute Gasteiger partial charge is 0.364 e. The van der Waals surface area contributed by atoms with Crippen molar-refractivity contribution in [3.63, 3.8) is 0 Å². The highest BCUT2D eigenvalue weighted by Crippen LogP contribution is 2.22. The van der Waals surface area contributed by atoms with E-state index in [0.29, 0.717) is 29.7 Å². The molecular weight excluding hydrogens is 384 g/mol. The number of likely N-dealkylation sites (tertiary alicyclic amines) is 1. The van der Waals surface area contributed by atoms with Crippen LogP contribution in [-0.2, 0) is 16.1 Å². The highest BCUT2D eigenvalue weighted by molar-refractivity contribution is 6.04. The number of aromatic nitrogens is 3. The number of primary amides is 1. The van der Waals surface area contributed by atoms with Crippen LogP contribution < -0.4 is 11.1 Å². The van der Waals surface area contributed by atoms with Crippen molar-refractivity contribution in [3.05, 3.63) is 53.9 Å². The number of carbonyl (C=O) groups is 3. The second kappa shape index (κ2) is 7.94. The van der Waals surface area contributed by atoms with Crippen LogP contribution in [0.1, 0.15) is 29.0 Å². The standard InChI is InChI=1S/C21H22N6O3/c1-13-6-4-10-17(23-13)24-21(30)16-9-5-11-26(16)18(28)12-27-15-8-3-2-7-14(15)19(25-27)20(22)29/h2-4,6-8,10,16H,5,9,11-12H2,1H3,(H2,22,29)(H,23,24,30). The summed E-state index contributed by atoms with van der Waals surface area (Å²) in [6.07, 6.45) is 1.31. The highest BCUT2D eigenvalue weighted by atomic mass is 16.2. The minimum atomic E-state index is -0.651. The van der Waals surface area contributed by atoms with E-state index in [9.17, 15) is 14.4 Å². The molecule has 0 spiro atoms. The van der Waals surface area contributed by atoms with Crippen LogP contribution in [-0.4, -0.2) is 50.0 Å². The van der Waals surface area contributed by atoms with Crippen molar-refractivity contribution in [2.45, 2.75) is 32.4 Å². The number of nitrogens with one attached hydrogen (secondary N) is 1. The van der Waals surface area contributed by atoms with Crippen LogP contribution in [0.5, 0.6) is 0 Å². The number of hydrogen-bond acceptors (Lipinski definition) is 5. The Kier molecular flexibility index (Phi) is 5.18. The second-order valence-electron chi connectivity index (χ2n) is 7.29. The molecular formula is C21H22N6O3. The number of hydrogen-bond donors (Lipinski definition) is 2. The molecule has 1 atom stereocenters. The van der Waals surface area contributed by atoms with Gasteiger partial charge in [-0.2, -0.15) is 5.10 Å². The maximum Gasteiger partial charge on any atom is 0.269 e. The average molecular weight is 406 g/mol. The van der Waals surface area contributed by atoms with Crippen molar-refractivity contribution in [3.8, 4) is 0 Å². The molecule has 154 valence electrons. The van der Waals surface area contributed by atoms with Crippen LogP contribution in [0.4, 0.5) is 5.82 Å². The van der Waals surface area contributed by atoms with Crippen molar-refractivity contribution in [2.75, 3.05) is 11.9 Å². The number of anilines is 1. The molecule has 9 heteroatoms. The van der Waals surface area contributed by atoms with Gasteiger partial charge in [0.1, 0.15) is 18.4 Å². The molecule has 1 unspecified atom stereocenters. The van der Waals surface area contributed by atoms with Gasteiger partial charge in [-0.3, -0.25) is 19.1 Å². The Bertz CT molecular complexity index is 1140. The van der Waals surface area contributed by atoms with Gasteiger partial charge in [-0.1, -0.05) is 24.3 Å². The van der Waals surface area contributed by atoms with Crippen molar-refractivity contribution in [1.82, 2.24) is 19.7 Å². The third-order valence-electron chi connectivity index (χ3n) is 5.19. The van der Waals surface area contributed by atoms with E-state index in [1.165, 1.54) is 4.68 Å². The maximum absolute atomic E-state index is 13.0. The predicted octanol–water partition coefficient (Wildman–Crippen LogP) is 1.47. The first kappa shape index (κ1) is 19.6. The highest BCUT2D eigenvalue weighted by Gasteiger charge is 2.34. The molecule has 3 aromatic rings. The normalized spacial score (nSPS) is 16.0. The molecule has 1 aliphatic heterocycles. The smallest absolute Gasteiger partial charge is 0.269 e. The van der Waals surface area contributed by atoms with E-state index < -0.39 is 11.9 Å². The topological polar surface area (TPSA) is 123 Å². The Morgan fingerprint density at radius 3 is 2.73 bits per heavy atom.